The molecule has 0 radical (unpaired) electrons. The lowest BCUT2D eigenvalue weighted by Gasteiger charge is -2.44. The summed E-state index contributed by atoms with van der Waals surface area (Å²) in [6.07, 6.45) is 10.9. The topological polar surface area (TPSA) is 21.1 Å². The highest BCUT2D eigenvalue weighted by atomic mass is 35.5. The summed E-state index contributed by atoms with van der Waals surface area (Å²) >= 11 is 6.15. The third-order valence-corrected chi connectivity index (χ3v) is 5.69. The van der Waals surface area contributed by atoms with Gasteiger partial charge in [0.25, 0.3) is 0 Å². The molecule has 1 aromatic carbocycles. The standard InChI is InChI=1S/C19H24ClN3/c20-17-7-3-5-15(13-17)19-21-9-12-23(19)14-16-6-4-11-22-10-2-1-8-18(16)22/h3,5,7,9,12-13,16,18H,1-2,4,6,8,10-11,14H2/t16-,18+/m0/s1. The summed E-state index contributed by atoms with van der Waals surface area (Å²) in [5.74, 6) is 1.79. The van der Waals surface area contributed by atoms with Gasteiger partial charge in [-0.05, 0) is 56.8 Å². The molecule has 0 aliphatic carbocycles. The van der Waals surface area contributed by atoms with E-state index in [0.717, 1.165) is 34.9 Å². The quantitative estimate of drug-likeness (QED) is 0.828. The van der Waals surface area contributed by atoms with Crippen molar-refractivity contribution in [1.82, 2.24) is 14.5 Å². The van der Waals surface area contributed by atoms with E-state index in [-0.39, 0.29) is 0 Å². The van der Waals surface area contributed by atoms with Crippen LogP contribution in [0.5, 0.6) is 0 Å². The van der Waals surface area contributed by atoms with E-state index in [1.165, 1.54) is 45.2 Å². The van der Waals surface area contributed by atoms with Crippen molar-refractivity contribution in [3.05, 3.63) is 41.7 Å². The van der Waals surface area contributed by atoms with Gasteiger partial charge in [0.15, 0.2) is 0 Å². The first-order valence-corrected chi connectivity index (χ1v) is 9.20. The van der Waals surface area contributed by atoms with E-state index in [4.69, 9.17) is 11.6 Å². The van der Waals surface area contributed by atoms with E-state index >= 15 is 0 Å². The Morgan fingerprint density at radius 1 is 1.13 bits per heavy atom. The summed E-state index contributed by atoms with van der Waals surface area (Å²) in [6.45, 7) is 3.67. The van der Waals surface area contributed by atoms with Crippen molar-refractivity contribution in [2.24, 2.45) is 5.92 Å². The summed E-state index contributed by atoms with van der Waals surface area (Å²) in [7, 11) is 0. The van der Waals surface area contributed by atoms with E-state index in [0.29, 0.717) is 0 Å². The van der Waals surface area contributed by atoms with Crippen LogP contribution in [0.15, 0.2) is 36.7 Å². The minimum atomic E-state index is 0.746. The van der Waals surface area contributed by atoms with Gasteiger partial charge in [-0.15, -0.1) is 0 Å². The maximum absolute atomic E-state index is 6.15. The maximum atomic E-state index is 6.15. The molecule has 2 aliphatic rings. The zero-order valence-corrected chi connectivity index (χ0v) is 14.3. The lowest BCUT2D eigenvalue weighted by Crippen LogP contribution is -2.49. The predicted octanol–water partition coefficient (Wildman–Crippen LogP) is 4.47. The Morgan fingerprint density at radius 3 is 2.96 bits per heavy atom. The molecule has 0 saturated carbocycles. The average molecular weight is 330 g/mol. The molecule has 3 heterocycles. The molecule has 0 bridgehead atoms. The highest BCUT2D eigenvalue weighted by Gasteiger charge is 2.33. The van der Waals surface area contributed by atoms with Gasteiger partial charge in [-0.3, -0.25) is 0 Å². The van der Waals surface area contributed by atoms with Crippen molar-refractivity contribution in [2.75, 3.05) is 13.1 Å². The van der Waals surface area contributed by atoms with Gasteiger partial charge < -0.3 is 9.47 Å². The molecular weight excluding hydrogens is 306 g/mol. The van der Waals surface area contributed by atoms with Crippen LogP contribution in [0.25, 0.3) is 11.4 Å². The minimum absolute atomic E-state index is 0.746. The zero-order valence-electron chi connectivity index (χ0n) is 13.5. The third kappa shape index (κ3) is 3.17. The van der Waals surface area contributed by atoms with Crippen LogP contribution in [-0.4, -0.2) is 33.6 Å². The number of imidazole rings is 1. The van der Waals surface area contributed by atoms with Crippen LogP contribution < -0.4 is 0 Å². The first kappa shape index (κ1) is 15.2. The van der Waals surface area contributed by atoms with Crippen molar-refractivity contribution >= 4 is 11.6 Å². The number of halogens is 1. The van der Waals surface area contributed by atoms with Gasteiger partial charge in [0.2, 0.25) is 0 Å². The van der Waals surface area contributed by atoms with Crippen LogP contribution in [0.1, 0.15) is 32.1 Å². The van der Waals surface area contributed by atoms with Gasteiger partial charge in [0, 0.05) is 35.6 Å². The highest BCUT2D eigenvalue weighted by Crippen LogP contribution is 2.33. The number of hydrogen-bond donors (Lipinski definition) is 0. The molecule has 2 saturated heterocycles. The van der Waals surface area contributed by atoms with Gasteiger partial charge in [-0.2, -0.15) is 0 Å². The Bertz CT molecular complexity index is 664. The molecule has 0 unspecified atom stereocenters. The van der Waals surface area contributed by atoms with Gasteiger partial charge in [-0.25, -0.2) is 4.98 Å². The van der Waals surface area contributed by atoms with Crippen LogP contribution in [0.2, 0.25) is 5.02 Å². The summed E-state index contributed by atoms with van der Waals surface area (Å²) in [5.41, 5.74) is 1.11. The zero-order chi connectivity index (χ0) is 15.6. The largest absolute Gasteiger partial charge is 0.331 e. The Morgan fingerprint density at radius 2 is 2.04 bits per heavy atom. The van der Waals surface area contributed by atoms with Crippen LogP contribution in [-0.2, 0) is 6.54 Å². The number of nitrogens with zero attached hydrogens (tertiary/aromatic N) is 3. The lowest BCUT2D eigenvalue weighted by atomic mass is 9.83. The summed E-state index contributed by atoms with van der Waals surface area (Å²) in [6, 6.07) is 8.79. The van der Waals surface area contributed by atoms with Crippen LogP contribution in [0, 0.1) is 5.92 Å². The van der Waals surface area contributed by atoms with E-state index in [9.17, 15) is 0 Å². The predicted molar refractivity (Wildman–Crippen MR) is 94.6 cm³/mol. The fraction of sp³-hybridized carbons (Fsp3) is 0.526. The highest BCUT2D eigenvalue weighted by molar-refractivity contribution is 6.30. The maximum Gasteiger partial charge on any atom is 0.139 e. The Kier molecular flexibility index (Phi) is 4.41. The van der Waals surface area contributed by atoms with Crippen LogP contribution >= 0.6 is 11.6 Å². The first-order valence-electron chi connectivity index (χ1n) is 8.82. The monoisotopic (exact) mass is 329 g/mol. The number of piperidine rings is 2. The second-order valence-corrected chi connectivity index (χ2v) is 7.35. The van der Waals surface area contributed by atoms with Gasteiger partial charge in [-0.1, -0.05) is 30.2 Å². The second kappa shape index (κ2) is 6.66. The van der Waals surface area contributed by atoms with Crippen molar-refractivity contribution in [3.8, 4) is 11.4 Å². The molecule has 2 aliphatic heterocycles. The van der Waals surface area contributed by atoms with Crippen molar-refractivity contribution < 1.29 is 0 Å². The SMILES string of the molecule is Clc1cccc(-c2nccn2C[C@@H]2CCCN3CCCC[C@H]23)c1. The van der Waals surface area contributed by atoms with Gasteiger partial charge >= 0.3 is 0 Å². The van der Waals surface area contributed by atoms with Gasteiger partial charge in [0.05, 0.1) is 0 Å². The Hall–Kier alpha value is -1.32. The molecule has 4 heteroatoms. The molecular formula is C19H24ClN3. The van der Waals surface area contributed by atoms with E-state index < -0.39 is 0 Å². The van der Waals surface area contributed by atoms with Crippen molar-refractivity contribution in [1.29, 1.82) is 0 Å². The molecule has 2 atom stereocenters. The molecule has 4 rings (SSSR count). The van der Waals surface area contributed by atoms with E-state index in [2.05, 4.69) is 26.7 Å². The first-order chi connectivity index (χ1) is 11.3. The van der Waals surface area contributed by atoms with Crippen LogP contribution in [0.4, 0.5) is 0 Å². The molecule has 3 nitrogen and oxygen atoms in total. The summed E-state index contributed by atoms with van der Waals surface area (Å²) < 4.78 is 2.33. The molecule has 0 spiro atoms. The van der Waals surface area contributed by atoms with E-state index in [1.54, 1.807) is 0 Å². The van der Waals surface area contributed by atoms with E-state index in [1.807, 2.05) is 24.4 Å². The Balaban J connectivity index is 1.56. The third-order valence-electron chi connectivity index (χ3n) is 5.46. The molecule has 2 aromatic rings. The fourth-order valence-electron chi connectivity index (χ4n) is 4.39. The Labute approximate surface area is 143 Å². The summed E-state index contributed by atoms with van der Waals surface area (Å²) in [4.78, 5) is 7.32. The number of aromatic nitrogens is 2. The molecule has 2 fully saturated rings. The number of rotatable bonds is 3. The van der Waals surface area contributed by atoms with Crippen molar-refractivity contribution in [2.45, 2.75) is 44.7 Å². The van der Waals surface area contributed by atoms with Crippen LogP contribution in [0.3, 0.4) is 0 Å². The molecule has 23 heavy (non-hydrogen) atoms. The number of benzene rings is 1. The average Bonchev–Trinajstić information content (AvgIpc) is 3.03. The lowest BCUT2D eigenvalue weighted by molar-refractivity contribution is 0.0521. The fourth-order valence-corrected chi connectivity index (χ4v) is 4.58. The smallest absolute Gasteiger partial charge is 0.139 e. The van der Waals surface area contributed by atoms with Gasteiger partial charge in [0.1, 0.15) is 5.82 Å². The number of fused-ring (bicyclic) bond motifs is 1. The second-order valence-electron chi connectivity index (χ2n) is 6.91. The molecule has 0 N–H and O–H groups in total. The normalized spacial score (nSPS) is 25.3. The summed E-state index contributed by atoms with van der Waals surface area (Å²) in [5, 5.41) is 0.771. The number of hydrogen-bond acceptors (Lipinski definition) is 2. The molecule has 0 amide bonds. The van der Waals surface area contributed by atoms with Crippen molar-refractivity contribution in [3.63, 3.8) is 0 Å². The minimum Gasteiger partial charge on any atom is -0.331 e. The molecule has 122 valence electrons. The molecule has 1 aromatic heterocycles.